The second-order valence-electron chi connectivity index (χ2n) is 5.31. The number of nitrogens with zero attached hydrogens (tertiary/aromatic N) is 1. The van der Waals surface area contributed by atoms with Gasteiger partial charge in [0.1, 0.15) is 18.1 Å². The molecule has 112 valence electrons. The normalized spacial score (nSPS) is 17.3. The van der Waals surface area contributed by atoms with Crippen LogP contribution in [0.4, 0.5) is 0 Å². The molecule has 0 radical (unpaired) electrons. The van der Waals surface area contributed by atoms with Gasteiger partial charge in [0, 0.05) is 31.3 Å². The van der Waals surface area contributed by atoms with E-state index in [0.717, 1.165) is 41.2 Å². The van der Waals surface area contributed by atoms with Crippen molar-refractivity contribution >= 4 is 12.2 Å². The molecule has 5 nitrogen and oxygen atoms in total. The zero-order valence-electron chi connectivity index (χ0n) is 11.9. The lowest BCUT2D eigenvalue weighted by Crippen LogP contribution is -2.24. The molecule has 0 amide bonds. The molecule has 0 bridgehead atoms. The largest absolute Gasteiger partial charge is 0.508 e. The number of ether oxygens (including phenoxy) is 1. The van der Waals surface area contributed by atoms with Gasteiger partial charge in [-0.2, -0.15) is 0 Å². The fourth-order valence-electron chi connectivity index (χ4n) is 2.66. The van der Waals surface area contributed by atoms with Crippen LogP contribution in [0.5, 0.6) is 11.5 Å². The highest BCUT2D eigenvalue weighted by Gasteiger charge is 2.22. The van der Waals surface area contributed by atoms with E-state index in [1.807, 2.05) is 13.1 Å². The number of hydrogen-bond donors (Lipinski definition) is 3. The predicted molar refractivity (Wildman–Crippen MR) is 83.6 cm³/mol. The van der Waals surface area contributed by atoms with E-state index in [9.17, 15) is 5.11 Å². The lowest BCUT2D eigenvalue weighted by Gasteiger charge is -2.26. The number of benzene rings is 1. The van der Waals surface area contributed by atoms with Gasteiger partial charge in [-0.3, -0.25) is 0 Å². The highest BCUT2D eigenvalue weighted by atomic mass is 32.1. The highest BCUT2D eigenvalue weighted by molar-refractivity contribution is 7.71. The topological polar surface area (TPSA) is 62.2 Å². The fraction of sp³-hybridized carbons (Fsp3) is 0.400. The first-order valence-electron chi connectivity index (χ1n) is 7.06. The van der Waals surface area contributed by atoms with Crippen molar-refractivity contribution in [3.8, 4) is 11.5 Å². The van der Waals surface area contributed by atoms with Crippen LogP contribution in [0, 0.1) is 4.77 Å². The third-order valence-electron chi connectivity index (χ3n) is 3.77. The minimum absolute atomic E-state index is 0.159. The number of aromatic nitrogens is 2. The maximum Gasteiger partial charge on any atom is 0.177 e. The van der Waals surface area contributed by atoms with Crippen molar-refractivity contribution in [1.29, 1.82) is 0 Å². The molecule has 0 fully saturated rings. The highest BCUT2D eigenvalue weighted by Crippen LogP contribution is 2.32. The molecule has 1 aromatic carbocycles. The summed E-state index contributed by atoms with van der Waals surface area (Å²) in [5.41, 5.74) is 2.14. The first-order valence-corrected chi connectivity index (χ1v) is 7.47. The minimum Gasteiger partial charge on any atom is -0.508 e. The number of aromatic amines is 1. The number of likely N-dealkylation sites (N-methyl/N-ethyl adjacent to an activating group) is 1. The van der Waals surface area contributed by atoms with E-state index >= 15 is 0 Å². The Kier molecular flexibility index (Phi) is 3.98. The molecule has 2 heterocycles. The Labute approximate surface area is 128 Å². The van der Waals surface area contributed by atoms with Gasteiger partial charge in [-0.1, -0.05) is 0 Å². The first-order chi connectivity index (χ1) is 10.2. The number of fused-ring (bicyclic) bond motifs is 1. The first kappa shape index (κ1) is 14.2. The molecular weight excluding hydrogens is 286 g/mol. The van der Waals surface area contributed by atoms with Crippen LogP contribution in [-0.2, 0) is 12.8 Å². The van der Waals surface area contributed by atoms with Gasteiger partial charge in [-0.05, 0) is 43.0 Å². The summed E-state index contributed by atoms with van der Waals surface area (Å²) in [6.45, 7) is 1.50. The molecular formula is C15H19N3O2S. The molecule has 3 rings (SSSR count). The van der Waals surface area contributed by atoms with Crippen LogP contribution in [-0.4, -0.2) is 34.9 Å². The van der Waals surface area contributed by atoms with Gasteiger partial charge in [0.2, 0.25) is 0 Å². The van der Waals surface area contributed by atoms with Crippen molar-refractivity contribution in [2.24, 2.45) is 0 Å². The zero-order chi connectivity index (χ0) is 14.8. The summed E-state index contributed by atoms with van der Waals surface area (Å²) in [6.07, 6.45) is 3.79. The van der Waals surface area contributed by atoms with E-state index in [-0.39, 0.29) is 11.8 Å². The van der Waals surface area contributed by atoms with Crippen molar-refractivity contribution in [3.05, 3.63) is 40.4 Å². The maximum atomic E-state index is 9.60. The molecule has 1 unspecified atom stereocenters. The monoisotopic (exact) mass is 305 g/mol. The van der Waals surface area contributed by atoms with Crippen LogP contribution >= 0.6 is 12.2 Å². The molecule has 1 aromatic heterocycles. The number of phenols is 1. The van der Waals surface area contributed by atoms with Gasteiger partial charge < -0.3 is 24.7 Å². The van der Waals surface area contributed by atoms with Crippen LogP contribution < -0.4 is 10.1 Å². The average Bonchev–Trinajstić information content (AvgIpc) is 2.85. The smallest absolute Gasteiger partial charge is 0.177 e. The van der Waals surface area contributed by atoms with Gasteiger partial charge in [0.15, 0.2) is 4.77 Å². The number of phenolic OH excluding ortho intramolecular Hbond substituents is 1. The average molecular weight is 305 g/mol. The number of nitrogens with one attached hydrogen (secondary N) is 2. The molecule has 1 aliphatic heterocycles. The summed E-state index contributed by atoms with van der Waals surface area (Å²) < 4.78 is 8.57. The van der Waals surface area contributed by atoms with E-state index in [1.165, 1.54) is 0 Å². The Bertz CT molecular complexity index is 692. The van der Waals surface area contributed by atoms with Gasteiger partial charge in [-0.25, -0.2) is 0 Å². The van der Waals surface area contributed by atoms with Gasteiger partial charge in [0.05, 0.1) is 6.04 Å². The second-order valence-corrected chi connectivity index (χ2v) is 5.69. The van der Waals surface area contributed by atoms with E-state index in [2.05, 4.69) is 21.1 Å². The van der Waals surface area contributed by atoms with Crippen molar-refractivity contribution in [3.63, 3.8) is 0 Å². The summed E-state index contributed by atoms with van der Waals surface area (Å²) >= 11 is 5.41. The van der Waals surface area contributed by atoms with Crippen molar-refractivity contribution in [1.82, 2.24) is 14.9 Å². The molecule has 0 saturated heterocycles. The number of imidazole rings is 1. The summed E-state index contributed by atoms with van der Waals surface area (Å²) in [7, 11) is 1.93. The van der Waals surface area contributed by atoms with E-state index < -0.39 is 0 Å². The maximum absolute atomic E-state index is 9.60. The second kappa shape index (κ2) is 5.91. The number of H-pyrrole nitrogens is 1. The fourth-order valence-corrected chi connectivity index (χ4v) is 3.00. The van der Waals surface area contributed by atoms with Gasteiger partial charge in [0.25, 0.3) is 0 Å². The minimum atomic E-state index is 0.159. The summed E-state index contributed by atoms with van der Waals surface area (Å²) in [6, 6.07) is 5.39. The van der Waals surface area contributed by atoms with Crippen LogP contribution in [0.25, 0.3) is 0 Å². The summed E-state index contributed by atoms with van der Waals surface area (Å²) in [5.74, 6) is 1.12. The van der Waals surface area contributed by atoms with Crippen LogP contribution in [0.15, 0.2) is 24.4 Å². The Hall–Kier alpha value is -1.79. The SMILES string of the molecule is CNCCc1cn(C2COc3ccc(O)cc3C2)c(=S)[nH]1. The van der Waals surface area contributed by atoms with Gasteiger partial charge in [-0.15, -0.1) is 0 Å². The summed E-state index contributed by atoms with van der Waals surface area (Å²) in [4.78, 5) is 3.24. The number of aromatic hydroxyl groups is 1. The standard InChI is InChI=1S/C15H19N3O2S/c1-16-5-4-11-8-18(15(21)17-11)12-6-10-7-13(19)2-3-14(10)20-9-12/h2-3,7-8,12,16,19H,4-6,9H2,1H3,(H,17,21). The van der Waals surface area contributed by atoms with Crippen LogP contribution in [0.3, 0.4) is 0 Å². The molecule has 1 aliphatic rings. The molecule has 0 spiro atoms. The molecule has 6 heteroatoms. The molecule has 2 aromatic rings. The van der Waals surface area contributed by atoms with E-state index in [0.29, 0.717) is 6.61 Å². The van der Waals surface area contributed by atoms with Crippen molar-refractivity contribution < 1.29 is 9.84 Å². The van der Waals surface area contributed by atoms with Crippen LogP contribution in [0.2, 0.25) is 0 Å². The molecule has 3 N–H and O–H groups in total. The quantitative estimate of drug-likeness (QED) is 0.758. The Morgan fingerprint density at radius 3 is 3.19 bits per heavy atom. The molecule has 21 heavy (non-hydrogen) atoms. The Morgan fingerprint density at radius 1 is 1.52 bits per heavy atom. The number of hydrogen-bond acceptors (Lipinski definition) is 4. The third kappa shape index (κ3) is 2.96. The van der Waals surface area contributed by atoms with Crippen molar-refractivity contribution in [2.75, 3.05) is 20.2 Å². The van der Waals surface area contributed by atoms with E-state index in [1.54, 1.807) is 12.1 Å². The number of rotatable bonds is 4. The summed E-state index contributed by atoms with van der Waals surface area (Å²) in [5, 5.41) is 12.7. The van der Waals surface area contributed by atoms with Gasteiger partial charge >= 0.3 is 0 Å². The molecule has 0 saturated carbocycles. The Morgan fingerprint density at radius 2 is 2.38 bits per heavy atom. The zero-order valence-corrected chi connectivity index (χ0v) is 12.7. The molecule has 0 aliphatic carbocycles. The Balaban J connectivity index is 1.82. The lowest BCUT2D eigenvalue weighted by molar-refractivity contribution is 0.222. The van der Waals surface area contributed by atoms with Crippen LogP contribution in [0.1, 0.15) is 17.3 Å². The lowest BCUT2D eigenvalue weighted by atomic mass is 10.0. The van der Waals surface area contributed by atoms with E-state index in [4.69, 9.17) is 17.0 Å². The molecule has 1 atom stereocenters. The third-order valence-corrected chi connectivity index (χ3v) is 4.08. The predicted octanol–water partition coefficient (Wildman–Crippen LogP) is 2.19. The van der Waals surface area contributed by atoms with Crippen molar-refractivity contribution in [2.45, 2.75) is 18.9 Å².